The predicted molar refractivity (Wildman–Crippen MR) is 78.9 cm³/mol. The molecule has 0 aliphatic heterocycles. The zero-order valence-electron chi connectivity index (χ0n) is 10.5. The Hall–Kier alpha value is -1.43. The van der Waals surface area contributed by atoms with Crippen molar-refractivity contribution >= 4 is 21.6 Å². The van der Waals surface area contributed by atoms with Crippen LogP contribution in [0.3, 0.4) is 0 Å². The summed E-state index contributed by atoms with van der Waals surface area (Å²) >= 11 is 3.40. The molecule has 5 N–H and O–H groups in total. The van der Waals surface area contributed by atoms with Gasteiger partial charge in [-0.05, 0) is 53.9 Å². The Labute approximate surface area is 119 Å². The monoisotopic (exact) mass is 323 g/mol. The van der Waals surface area contributed by atoms with Crippen molar-refractivity contribution in [2.24, 2.45) is 5.84 Å². The van der Waals surface area contributed by atoms with Gasteiger partial charge in [0.05, 0.1) is 6.04 Å². The third-order valence-electron chi connectivity index (χ3n) is 2.92. The average molecular weight is 324 g/mol. The molecule has 0 amide bonds. The van der Waals surface area contributed by atoms with Crippen molar-refractivity contribution in [3.8, 4) is 0 Å². The van der Waals surface area contributed by atoms with Crippen LogP contribution in [0.1, 0.15) is 22.7 Å². The highest BCUT2D eigenvalue weighted by Crippen LogP contribution is 2.29. The number of anilines is 1. The Balaban J connectivity index is 2.52. The normalized spacial score (nSPS) is 12.4. The minimum atomic E-state index is -0.355. The van der Waals surface area contributed by atoms with E-state index in [-0.39, 0.29) is 11.9 Å². The zero-order valence-corrected chi connectivity index (χ0v) is 12.0. The second kappa shape index (κ2) is 5.69. The smallest absolute Gasteiger partial charge is 0.123 e. The van der Waals surface area contributed by atoms with Gasteiger partial charge in [0.15, 0.2) is 0 Å². The fraction of sp³-hybridized carbons (Fsp3) is 0.143. The van der Waals surface area contributed by atoms with Crippen molar-refractivity contribution in [1.29, 1.82) is 0 Å². The molecular weight excluding hydrogens is 309 g/mol. The van der Waals surface area contributed by atoms with E-state index in [0.29, 0.717) is 5.69 Å². The van der Waals surface area contributed by atoms with Crippen LogP contribution in [0.5, 0.6) is 0 Å². The van der Waals surface area contributed by atoms with E-state index in [9.17, 15) is 4.39 Å². The lowest BCUT2D eigenvalue weighted by molar-refractivity contribution is 0.604. The first kappa shape index (κ1) is 14.0. The van der Waals surface area contributed by atoms with Crippen LogP contribution in [-0.2, 0) is 0 Å². The summed E-state index contributed by atoms with van der Waals surface area (Å²) < 4.78 is 14.4. The Morgan fingerprint density at radius 1 is 1.21 bits per heavy atom. The number of hydrogen-bond acceptors (Lipinski definition) is 3. The predicted octanol–water partition coefficient (Wildman–Crippen LogP) is 3.03. The van der Waals surface area contributed by atoms with E-state index in [1.165, 1.54) is 12.1 Å². The molecule has 2 rings (SSSR count). The first-order valence-corrected chi connectivity index (χ1v) is 6.58. The summed E-state index contributed by atoms with van der Waals surface area (Å²) in [4.78, 5) is 0. The molecule has 2 aromatic carbocycles. The van der Waals surface area contributed by atoms with E-state index < -0.39 is 0 Å². The van der Waals surface area contributed by atoms with E-state index in [2.05, 4.69) is 21.4 Å². The minimum absolute atomic E-state index is 0.288. The Morgan fingerprint density at radius 2 is 1.95 bits per heavy atom. The molecule has 0 saturated heterocycles. The zero-order chi connectivity index (χ0) is 14.0. The lowest BCUT2D eigenvalue weighted by Gasteiger charge is -2.19. The van der Waals surface area contributed by atoms with Crippen LogP contribution in [0.2, 0.25) is 0 Å². The number of halogens is 2. The van der Waals surface area contributed by atoms with Crippen molar-refractivity contribution in [2.75, 3.05) is 5.73 Å². The average Bonchev–Trinajstić information content (AvgIpc) is 2.33. The number of rotatable bonds is 3. The van der Waals surface area contributed by atoms with Crippen LogP contribution in [0, 0.1) is 12.7 Å². The van der Waals surface area contributed by atoms with Gasteiger partial charge >= 0.3 is 0 Å². The van der Waals surface area contributed by atoms with Crippen LogP contribution in [0.15, 0.2) is 40.9 Å². The number of benzene rings is 2. The second-order valence-electron chi connectivity index (χ2n) is 4.43. The SMILES string of the molecule is Cc1cc(F)cc(C(NN)c2cc(Br)ccc2N)c1. The van der Waals surface area contributed by atoms with Gasteiger partial charge in [-0.2, -0.15) is 0 Å². The van der Waals surface area contributed by atoms with Crippen molar-refractivity contribution < 1.29 is 4.39 Å². The number of nitrogen functional groups attached to an aromatic ring is 1. The molecular formula is C14H15BrFN3. The third-order valence-corrected chi connectivity index (χ3v) is 3.42. The Kier molecular flexibility index (Phi) is 4.19. The fourth-order valence-corrected chi connectivity index (χ4v) is 2.47. The van der Waals surface area contributed by atoms with E-state index in [0.717, 1.165) is 21.2 Å². The molecule has 0 heterocycles. The highest BCUT2D eigenvalue weighted by atomic mass is 79.9. The third kappa shape index (κ3) is 3.12. The van der Waals surface area contributed by atoms with Crippen LogP contribution in [0.25, 0.3) is 0 Å². The van der Waals surface area contributed by atoms with Crippen LogP contribution >= 0.6 is 15.9 Å². The van der Waals surface area contributed by atoms with Crippen molar-refractivity contribution in [2.45, 2.75) is 13.0 Å². The largest absolute Gasteiger partial charge is 0.398 e. The maximum absolute atomic E-state index is 13.5. The number of hydrogen-bond donors (Lipinski definition) is 3. The van der Waals surface area contributed by atoms with Gasteiger partial charge < -0.3 is 5.73 Å². The van der Waals surface area contributed by atoms with Crippen molar-refractivity contribution in [1.82, 2.24) is 5.43 Å². The highest BCUT2D eigenvalue weighted by molar-refractivity contribution is 9.10. The lowest BCUT2D eigenvalue weighted by atomic mass is 9.96. The summed E-state index contributed by atoms with van der Waals surface area (Å²) in [6.45, 7) is 1.84. The van der Waals surface area contributed by atoms with Crippen LogP contribution in [-0.4, -0.2) is 0 Å². The molecule has 3 nitrogen and oxygen atoms in total. The quantitative estimate of drug-likeness (QED) is 0.462. The van der Waals surface area contributed by atoms with Crippen LogP contribution < -0.4 is 17.0 Å². The first-order valence-electron chi connectivity index (χ1n) is 5.79. The van der Waals surface area contributed by atoms with E-state index in [1.807, 2.05) is 25.1 Å². The number of hydrazine groups is 1. The van der Waals surface area contributed by atoms with Gasteiger partial charge in [-0.15, -0.1) is 0 Å². The van der Waals surface area contributed by atoms with Gasteiger partial charge in [0.25, 0.3) is 0 Å². The van der Waals surface area contributed by atoms with Gasteiger partial charge in [-0.25, -0.2) is 9.82 Å². The second-order valence-corrected chi connectivity index (χ2v) is 5.35. The van der Waals surface area contributed by atoms with Gasteiger partial charge in [0, 0.05) is 10.2 Å². The highest BCUT2D eigenvalue weighted by Gasteiger charge is 2.16. The van der Waals surface area contributed by atoms with E-state index in [4.69, 9.17) is 11.6 Å². The first-order chi connectivity index (χ1) is 9.01. The Morgan fingerprint density at radius 3 is 2.58 bits per heavy atom. The van der Waals surface area contributed by atoms with E-state index in [1.54, 1.807) is 6.07 Å². The van der Waals surface area contributed by atoms with Gasteiger partial charge in [-0.1, -0.05) is 22.0 Å². The number of nitrogens with two attached hydrogens (primary N) is 2. The molecule has 0 bridgehead atoms. The van der Waals surface area contributed by atoms with Gasteiger partial charge in [-0.3, -0.25) is 5.84 Å². The molecule has 0 aliphatic carbocycles. The molecule has 0 saturated carbocycles. The molecule has 0 fully saturated rings. The summed E-state index contributed by atoms with van der Waals surface area (Å²) in [5, 5.41) is 0. The van der Waals surface area contributed by atoms with E-state index >= 15 is 0 Å². The summed E-state index contributed by atoms with van der Waals surface area (Å²) in [6, 6.07) is 9.97. The van der Waals surface area contributed by atoms with Gasteiger partial charge in [0.2, 0.25) is 0 Å². The Bertz CT molecular complexity index is 581. The standard InChI is InChI=1S/C14H15BrFN3/c1-8-4-9(6-11(16)5-8)14(19-18)12-7-10(15)2-3-13(12)17/h2-7,14,19H,17-18H2,1H3. The maximum atomic E-state index is 13.5. The molecule has 0 radical (unpaired) electrons. The molecule has 0 spiro atoms. The topological polar surface area (TPSA) is 64.1 Å². The van der Waals surface area contributed by atoms with Gasteiger partial charge in [0.1, 0.15) is 5.82 Å². The molecule has 0 aromatic heterocycles. The molecule has 1 unspecified atom stereocenters. The molecule has 5 heteroatoms. The maximum Gasteiger partial charge on any atom is 0.123 e. The summed E-state index contributed by atoms with van der Waals surface area (Å²) in [6.07, 6.45) is 0. The number of aryl methyl sites for hydroxylation is 1. The minimum Gasteiger partial charge on any atom is -0.398 e. The van der Waals surface area contributed by atoms with Crippen molar-refractivity contribution in [3.63, 3.8) is 0 Å². The molecule has 2 aromatic rings. The summed E-state index contributed by atoms with van der Waals surface area (Å²) in [5.41, 5.74) is 11.6. The van der Waals surface area contributed by atoms with Crippen LogP contribution in [0.4, 0.5) is 10.1 Å². The fourth-order valence-electron chi connectivity index (χ4n) is 2.09. The van der Waals surface area contributed by atoms with Crippen molar-refractivity contribution in [3.05, 3.63) is 63.4 Å². The molecule has 100 valence electrons. The molecule has 0 aliphatic rings. The summed E-state index contributed by atoms with van der Waals surface area (Å²) in [7, 11) is 0. The summed E-state index contributed by atoms with van der Waals surface area (Å²) in [5.74, 6) is 5.32. The lowest BCUT2D eigenvalue weighted by Crippen LogP contribution is -2.29. The molecule has 19 heavy (non-hydrogen) atoms. The number of nitrogens with one attached hydrogen (secondary N) is 1. The molecule has 1 atom stereocenters.